The van der Waals surface area contributed by atoms with E-state index in [1.54, 1.807) is 13.8 Å². The van der Waals surface area contributed by atoms with Crippen LogP contribution in [0.25, 0.3) is 0 Å². The first-order valence-electron chi connectivity index (χ1n) is 4.55. The highest BCUT2D eigenvalue weighted by atomic mass is 32.2. The average Bonchev–Trinajstić information content (AvgIpc) is 2.21. The Bertz CT molecular complexity index is 346. The van der Waals surface area contributed by atoms with Crippen molar-refractivity contribution in [3.8, 4) is 0 Å². The summed E-state index contributed by atoms with van der Waals surface area (Å²) in [6.07, 6.45) is 3.05. The molecule has 82 valence electrons. The number of thioether (sulfide) groups is 1. The highest BCUT2D eigenvalue weighted by Gasteiger charge is 2.17. The van der Waals surface area contributed by atoms with Crippen LogP contribution in [0, 0.1) is 0 Å². The van der Waals surface area contributed by atoms with Gasteiger partial charge in [0.05, 0.1) is 6.61 Å². The summed E-state index contributed by atoms with van der Waals surface area (Å²) in [6.45, 7) is 3.89. The number of hydrogen-bond acceptors (Lipinski definition) is 6. The monoisotopic (exact) mass is 227 g/mol. The summed E-state index contributed by atoms with van der Waals surface area (Å²) in [5, 5.41) is 0.224. The van der Waals surface area contributed by atoms with Crippen molar-refractivity contribution >= 4 is 23.5 Å². The highest BCUT2D eigenvalue weighted by molar-refractivity contribution is 8.00. The summed E-state index contributed by atoms with van der Waals surface area (Å²) < 4.78 is 4.87. The SMILES string of the molecule is CCOC(=O)C(C)Sc1nccnc1N. The van der Waals surface area contributed by atoms with E-state index in [4.69, 9.17) is 10.5 Å². The molecule has 1 heterocycles. The lowest BCUT2D eigenvalue weighted by Gasteiger charge is -2.09. The lowest BCUT2D eigenvalue weighted by molar-refractivity contribution is -0.142. The van der Waals surface area contributed by atoms with Gasteiger partial charge in [-0.25, -0.2) is 9.97 Å². The predicted molar refractivity (Wildman–Crippen MR) is 58.4 cm³/mol. The standard InChI is InChI=1S/C9H13N3O2S/c1-3-14-9(13)6(2)15-8-7(10)11-4-5-12-8/h4-6H,3H2,1-2H3,(H2,10,11). The lowest BCUT2D eigenvalue weighted by atomic mass is 10.5. The van der Waals surface area contributed by atoms with Crippen LogP contribution < -0.4 is 5.73 Å². The number of nitrogen functional groups attached to an aromatic ring is 1. The molecule has 1 aromatic heterocycles. The minimum atomic E-state index is -0.330. The van der Waals surface area contributed by atoms with Gasteiger partial charge in [-0.2, -0.15) is 0 Å². The van der Waals surface area contributed by atoms with Gasteiger partial charge < -0.3 is 10.5 Å². The van der Waals surface area contributed by atoms with E-state index in [2.05, 4.69) is 9.97 Å². The molecule has 1 atom stereocenters. The van der Waals surface area contributed by atoms with Gasteiger partial charge in [-0.3, -0.25) is 4.79 Å². The minimum absolute atomic E-state index is 0.271. The molecule has 6 heteroatoms. The second-order valence-corrected chi connectivity index (χ2v) is 4.09. The van der Waals surface area contributed by atoms with Gasteiger partial charge in [0.25, 0.3) is 0 Å². The van der Waals surface area contributed by atoms with Crippen LogP contribution in [-0.4, -0.2) is 27.8 Å². The number of nitrogens with two attached hydrogens (primary N) is 1. The van der Waals surface area contributed by atoms with E-state index in [9.17, 15) is 4.79 Å². The zero-order valence-electron chi connectivity index (χ0n) is 8.64. The third kappa shape index (κ3) is 3.39. The molecule has 2 N–H and O–H groups in total. The zero-order chi connectivity index (χ0) is 11.3. The van der Waals surface area contributed by atoms with Crippen molar-refractivity contribution < 1.29 is 9.53 Å². The van der Waals surface area contributed by atoms with Crippen LogP contribution >= 0.6 is 11.8 Å². The predicted octanol–water partition coefficient (Wildman–Crippen LogP) is 1.10. The summed E-state index contributed by atoms with van der Waals surface area (Å²) in [6, 6.07) is 0. The molecule has 15 heavy (non-hydrogen) atoms. The van der Waals surface area contributed by atoms with Crippen LogP contribution in [-0.2, 0) is 9.53 Å². The third-order valence-electron chi connectivity index (χ3n) is 1.60. The smallest absolute Gasteiger partial charge is 0.319 e. The molecule has 0 radical (unpaired) electrons. The molecule has 1 aromatic rings. The van der Waals surface area contributed by atoms with E-state index < -0.39 is 0 Å². The van der Waals surface area contributed by atoms with Gasteiger partial charge in [-0.1, -0.05) is 11.8 Å². The van der Waals surface area contributed by atoms with E-state index in [-0.39, 0.29) is 11.2 Å². The molecule has 0 bridgehead atoms. The molecule has 1 unspecified atom stereocenters. The Morgan fingerprint density at radius 2 is 2.27 bits per heavy atom. The number of rotatable bonds is 4. The molecule has 5 nitrogen and oxygen atoms in total. The normalized spacial score (nSPS) is 12.1. The fourth-order valence-corrected chi connectivity index (χ4v) is 1.70. The Labute approximate surface area is 92.4 Å². The fraction of sp³-hybridized carbons (Fsp3) is 0.444. The van der Waals surface area contributed by atoms with Crippen molar-refractivity contribution in [3.05, 3.63) is 12.4 Å². The van der Waals surface area contributed by atoms with Gasteiger partial charge in [-0.05, 0) is 13.8 Å². The van der Waals surface area contributed by atoms with Crippen molar-refractivity contribution in [2.75, 3.05) is 12.3 Å². The van der Waals surface area contributed by atoms with Gasteiger partial charge in [0.1, 0.15) is 10.3 Å². The number of anilines is 1. The van der Waals surface area contributed by atoms with Crippen LogP contribution in [0.5, 0.6) is 0 Å². The third-order valence-corrected chi connectivity index (χ3v) is 2.68. The Kier molecular flexibility index (Phi) is 4.36. The topological polar surface area (TPSA) is 78.1 Å². The van der Waals surface area contributed by atoms with E-state index in [1.807, 2.05) is 0 Å². The quantitative estimate of drug-likeness (QED) is 0.613. The molecule has 1 rings (SSSR count). The number of esters is 1. The number of aromatic nitrogens is 2. The molecule has 0 fully saturated rings. The second kappa shape index (κ2) is 5.55. The molecule has 0 aromatic carbocycles. The van der Waals surface area contributed by atoms with Gasteiger partial charge in [0.2, 0.25) is 0 Å². The fourth-order valence-electron chi connectivity index (χ4n) is 0.902. The number of carbonyl (C=O) groups excluding carboxylic acids is 1. The van der Waals surface area contributed by atoms with E-state index in [0.717, 1.165) is 0 Å². The number of carbonyl (C=O) groups is 1. The Hall–Kier alpha value is -1.30. The highest BCUT2D eigenvalue weighted by Crippen LogP contribution is 2.25. The first kappa shape index (κ1) is 11.8. The van der Waals surface area contributed by atoms with Crippen LogP contribution in [0.2, 0.25) is 0 Å². The van der Waals surface area contributed by atoms with Crippen LogP contribution in [0.15, 0.2) is 17.4 Å². The maximum atomic E-state index is 11.3. The Balaban J connectivity index is 2.62. The van der Waals surface area contributed by atoms with Crippen molar-refractivity contribution in [1.82, 2.24) is 9.97 Å². The maximum Gasteiger partial charge on any atom is 0.319 e. The Morgan fingerprint density at radius 1 is 1.60 bits per heavy atom. The van der Waals surface area contributed by atoms with Gasteiger partial charge in [0.15, 0.2) is 5.82 Å². The number of ether oxygens (including phenoxy) is 1. The first-order chi connectivity index (χ1) is 7.15. The summed E-state index contributed by atoms with van der Waals surface area (Å²) in [5.74, 6) is 0.0613. The van der Waals surface area contributed by atoms with Crippen LogP contribution in [0.1, 0.15) is 13.8 Å². The van der Waals surface area contributed by atoms with Crippen molar-refractivity contribution in [3.63, 3.8) is 0 Å². The maximum absolute atomic E-state index is 11.3. The second-order valence-electron chi connectivity index (χ2n) is 2.76. The summed E-state index contributed by atoms with van der Waals surface area (Å²) >= 11 is 1.25. The summed E-state index contributed by atoms with van der Waals surface area (Å²) in [7, 11) is 0. The number of nitrogens with zero attached hydrogens (tertiary/aromatic N) is 2. The summed E-state index contributed by atoms with van der Waals surface area (Å²) in [4.78, 5) is 19.2. The largest absolute Gasteiger partial charge is 0.465 e. The molecular weight excluding hydrogens is 214 g/mol. The summed E-state index contributed by atoms with van der Waals surface area (Å²) in [5.41, 5.74) is 5.60. The molecule has 0 spiro atoms. The molecular formula is C9H13N3O2S. The van der Waals surface area contributed by atoms with E-state index in [0.29, 0.717) is 17.5 Å². The van der Waals surface area contributed by atoms with Crippen molar-refractivity contribution in [2.24, 2.45) is 0 Å². The van der Waals surface area contributed by atoms with Crippen LogP contribution in [0.4, 0.5) is 5.82 Å². The van der Waals surface area contributed by atoms with E-state index in [1.165, 1.54) is 24.2 Å². The molecule has 0 saturated carbocycles. The first-order valence-corrected chi connectivity index (χ1v) is 5.43. The van der Waals surface area contributed by atoms with Crippen molar-refractivity contribution in [1.29, 1.82) is 0 Å². The van der Waals surface area contributed by atoms with E-state index >= 15 is 0 Å². The molecule has 0 aliphatic rings. The van der Waals surface area contributed by atoms with Crippen molar-refractivity contribution in [2.45, 2.75) is 24.1 Å². The average molecular weight is 227 g/mol. The minimum Gasteiger partial charge on any atom is -0.465 e. The molecule has 0 saturated heterocycles. The number of hydrogen-bond donors (Lipinski definition) is 1. The Morgan fingerprint density at radius 3 is 2.87 bits per heavy atom. The molecule has 0 aliphatic heterocycles. The van der Waals surface area contributed by atoms with Gasteiger partial charge in [0, 0.05) is 12.4 Å². The van der Waals surface area contributed by atoms with Crippen LogP contribution in [0.3, 0.4) is 0 Å². The van der Waals surface area contributed by atoms with Gasteiger partial charge >= 0.3 is 5.97 Å². The lowest BCUT2D eigenvalue weighted by Crippen LogP contribution is -2.17. The zero-order valence-corrected chi connectivity index (χ0v) is 9.45. The van der Waals surface area contributed by atoms with Gasteiger partial charge in [-0.15, -0.1) is 0 Å². The molecule has 0 aliphatic carbocycles. The molecule has 0 amide bonds.